The summed E-state index contributed by atoms with van der Waals surface area (Å²) in [6, 6.07) is 8.21. The molecule has 0 unspecified atom stereocenters. The SMILES string of the molecule is CCC1(CC)COC(C)(CCc2ccc(OC)cc2)OC1. The van der Waals surface area contributed by atoms with Crippen LogP contribution in [0.3, 0.4) is 0 Å². The molecule has 1 aliphatic rings. The van der Waals surface area contributed by atoms with E-state index < -0.39 is 5.79 Å². The number of hydrogen-bond acceptors (Lipinski definition) is 3. The molecule has 3 nitrogen and oxygen atoms in total. The normalized spacial score (nSPS) is 20.2. The molecule has 0 saturated carbocycles. The van der Waals surface area contributed by atoms with Crippen molar-refractivity contribution in [2.24, 2.45) is 5.41 Å². The lowest BCUT2D eigenvalue weighted by Crippen LogP contribution is -2.47. The van der Waals surface area contributed by atoms with Gasteiger partial charge in [-0.2, -0.15) is 0 Å². The molecule has 1 aromatic carbocycles. The Morgan fingerprint density at radius 2 is 1.62 bits per heavy atom. The lowest BCUT2D eigenvalue weighted by Gasteiger charge is -2.44. The third kappa shape index (κ3) is 3.98. The number of methoxy groups -OCH3 is 1. The Morgan fingerprint density at radius 1 is 1.05 bits per heavy atom. The summed E-state index contributed by atoms with van der Waals surface area (Å²) in [4.78, 5) is 0. The van der Waals surface area contributed by atoms with E-state index in [-0.39, 0.29) is 5.41 Å². The molecule has 0 spiro atoms. The highest BCUT2D eigenvalue weighted by Gasteiger charge is 2.39. The zero-order valence-corrected chi connectivity index (χ0v) is 13.8. The first kappa shape index (κ1) is 16.3. The predicted octanol–water partition coefficient (Wildman–Crippen LogP) is 4.20. The maximum absolute atomic E-state index is 6.08. The van der Waals surface area contributed by atoms with E-state index in [9.17, 15) is 0 Å². The van der Waals surface area contributed by atoms with Crippen LogP contribution in [0.5, 0.6) is 5.75 Å². The Labute approximate surface area is 128 Å². The van der Waals surface area contributed by atoms with Crippen molar-refractivity contribution in [3.8, 4) is 5.75 Å². The maximum Gasteiger partial charge on any atom is 0.165 e. The molecule has 0 amide bonds. The molecule has 1 saturated heterocycles. The Morgan fingerprint density at radius 3 is 2.10 bits per heavy atom. The van der Waals surface area contributed by atoms with Gasteiger partial charge in [-0.1, -0.05) is 26.0 Å². The molecule has 3 heteroatoms. The summed E-state index contributed by atoms with van der Waals surface area (Å²) in [6.45, 7) is 8.11. The van der Waals surface area contributed by atoms with E-state index in [2.05, 4.69) is 32.9 Å². The van der Waals surface area contributed by atoms with Crippen molar-refractivity contribution in [1.82, 2.24) is 0 Å². The minimum atomic E-state index is -0.451. The van der Waals surface area contributed by atoms with Gasteiger partial charge in [-0.05, 0) is 43.9 Å². The van der Waals surface area contributed by atoms with E-state index in [1.165, 1.54) is 5.56 Å². The standard InChI is InChI=1S/C18H28O3/c1-5-18(6-2)13-20-17(3,21-14-18)12-11-15-7-9-16(19-4)10-8-15/h7-10H,5-6,11-14H2,1-4H3. The quantitative estimate of drug-likeness (QED) is 0.786. The van der Waals surface area contributed by atoms with Gasteiger partial charge in [-0.3, -0.25) is 0 Å². The van der Waals surface area contributed by atoms with Crippen LogP contribution >= 0.6 is 0 Å². The van der Waals surface area contributed by atoms with Crippen molar-refractivity contribution in [2.45, 2.75) is 52.2 Å². The molecule has 1 aliphatic heterocycles. The second-order valence-electron chi connectivity index (χ2n) is 6.27. The summed E-state index contributed by atoms with van der Waals surface area (Å²) in [7, 11) is 1.69. The van der Waals surface area contributed by atoms with Crippen molar-refractivity contribution < 1.29 is 14.2 Å². The molecule has 0 N–H and O–H groups in total. The number of benzene rings is 1. The van der Waals surface area contributed by atoms with Crippen LogP contribution in [0.2, 0.25) is 0 Å². The van der Waals surface area contributed by atoms with Crippen LogP contribution in [-0.4, -0.2) is 26.1 Å². The van der Waals surface area contributed by atoms with Crippen LogP contribution in [0.15, 0.2) is 24.3 Å². The van der Waals surface area contributed by atoms with Gasteiger partial charge < -0.3 is 14.2 Å². The Balaban J connectivity index is 1.88. The minimum Gasteiger partial charge on any atom is -0.497 e. The largest absolute Gasteiger partial charge is 0.497 e. The predicted molar refractivity (Wildman–Crippen MR) is 84.6 cm³/mol. The number of ether oxygens (including phenoxy) is 3. The Bertz CT molecular complexity index is 424. The zero-order chi connectivity index (χ0) is 15.3. The highest BCUT2D eigenvalue weighted by molar-refractivity contribution is 5.27. The molecular weight excluding hydrogens is 264 g/mol. The number of hydrogen-bond donors (Lipinski definition) is 0. The van der Waals surface area contributed by atoms with Crippen molar-refractivity contribution in [3.63, 3.8) is 0 Å². The lowest BCUT2D eigenvalue weighted by atomic mass is 9.83. The van der Waals surface area contributed by atoms with Crippen LogP contribution in [0.1, 0.15) is 45.6 Å². The molecule has 118 valence electrons. The van der Waals surface area contributed by atoms with Crippen LogP contribution < -0.4 is 4.74 Å². The van der Waals surface area contributed by atoms with Crippen molar-refractivity contribution in [2.75, 3.05) is 20.3 Å². The summed E-state index contributed by atoms with van der Waals surface area (Å²) in [6.07, 6.45) is 4.05. The maximum atomic E-state index is 6.08. The molecule has 0 aromatic heterocycles. The van der Waals surface area contributed by atoms with Crippen LogP contribution in [0.25, 0.3) is 0 Å². The van der Waals surface area contributed by atoms with Crippen molar-refractivity contribution in [1.29, 1.82) is 0 Å². The second-order valence-corrected chi connectivity index (χ2v) is 6.27. The van der Waals surface area contributed by atoms with Crippen molar-refractivity contribution >= 4 is 0 Å². The first-order chi connectivity index (χ1) is 10.0. The molecule has 0 radical (unpaired) electrons. The summed E-state index contributed by atoms with van der Waals surface area (Å²) in [5.41, 5.74) is 1.49. The topological polar surface area (TPSA) is 27.7 Å². The average Bonchev–Trinajstić information content (AvgIpc) is 2.55. The highest BCUT2D eigenvalue weighted by atomic mass is 16.7. The third-order valence-corrected chi connectivity index (χ3v) is 4.89. The molecule has 21 heavy (non-hydrogen) atoms. The van der Waals surface area contributed by atoms with E-state index in [4.69, 9.17) is 14.2 Å². The fraction of sp³-hybridized carbons (Fsp3) is 0.667. The van der Waals surface area contributed by atoms with E-state index in [1.54, 1.807) is 7.11 Å². The summed E-state index contributed by atoms with van der Waals surface area (Å²) in [5.74, 6) is 0.444. The third-order valence-electron chi connectivity index (χ3n) is 4.89. The van der Waals surface area contributed by atoms with Crippen LogP contribution in [0, 0.1) is 5.41 Å². The zero-order valence-electron chi connectivity index (χ0n) is 13.8. The summed E-state index contributed by atoms with van der Waals surface area (Å²) in [5, 5.41) is 0. The molecule has 1 aromatic rings. The van der Waals surface area contributed by atoms with Crippen LogP contribution in [0.4, 0.5) is 0 Å². The van der Waals surface area contributed by atoms with E-state index in [0.717, 1.165) is 44.6 Å². The van der Waals surface area contributed by atoms with Gasteiger partial charge in [0.25, 0.3) is 0 Å². The van der Waals surface area contributed by atoms with Gasteiger partial charge in [-0.15, -0.1) is 0 Å². The van der Waals surface area contributed by atoms with Gasteiger partial charge in [0, 0.05) is 11.8 Å². The number of aryl methyl sites for hydroxylation is 1. The molecular formula is C18H28O3. The molecule has 2 rings (SSSR count). The Kier molecular flexibility index (Phi) is 5.28. The van der Waals surface area contributed by atoms with E-state index in [1.807, 2.05) is 12.1 Å². The Hall–Kier alpha value is -1.06. The fourth-order valence-corrected chi connectivity index (χ4v) is 2.66. The molecule has 0 atom stereocenters. The minimum absolute atomic E-state index is 0.208. The highest BCUT2D eigenvalue weighted by Crippen LogP contribution is 2.37. The van der Waals surface area contributed by atoms with Gasteiger partial charge in [0.15, 0.2) is 5.79 Å². The van der Waals surface area contributed by atoms with Gasteiger partial charge in [0.1, 0.15) is 5.75 Å². The lowest BCUT2D eigenvalue weighted by molar-refractivity contribution is -0.298. The van der Waals surface area contributed by atoms with E-state index in [0.29, 0.717) is 0 Å². The molecule has 1 fully saturated rings. The summed E-state index contributed by atoms with van der Waals surface area (Å²) >= 11 is 0. The smallest absolute Gasteiger partial charge is 0.165 e. The summed E-state index contributed by atoms with van der Waals surface area (Å²) < 4.78 is 17.3. The van der Waals surface area contributed by atoms with Gasteiger partial charge >= 0.3 is 0 Å². The van der Waals surface area contributed by atoms with Gasteiger partial charge in [-0.25, -0.2) is 0 Å². The van der Waals surface area contributed by atoms with Gasteiger partial charge in [0.2, 0.25) is 0 Å². The van der Waals surface area contributed by atoms with E-state index >= 15 is 0 Å². The first-order valence-corrected chi connectivity index (χ1v) is 7.95. The molecule has 0 bridgehead atoms. The molecule has 1 heterocycles. The monoisotopic (exact) mass is 292 g/mol. The number of rotatable bonds is 6. The van der Waals surface area contributed by atoms with Crippen LogP contribution in [-0.2, 0) is 15.9 Å². The van der Waals surface area contributed by atoms with Crippen molar-refractivity contribution in [3.05, 3.63) is 29.8 Å². The second kappa shape index (κ2) is 6.80. The fourth-order valence-electron chi connectivity index (χ4n) is 2.66. The average molecular weight is 292 g/mol. The van der Waals surface area contributed by atoms with Gasteiger partial charge in [0.05, 0.1) is 20.3 Å². The first-order valence-electron chi connectivity index (χ1n) is 7.95. The molecule has 0 aliphatic carbocycles.